The first-order valence-corrected chi connectivity index (χ1v) is 8.12. The molecule has 0 amide bonds. The van der Waals surface area contributed by atoms with E-state index in [4.69, 9.17) is 5.73 Å². The second kappa shape index (κ2) is 5.41. The van der Waals surface area contributed by atoms with Gasteiger partial charge in [-0.05, 0) is 37.5 Å². The van der Waals surface area contributed by atoms with Crippen molar-refractivity contribution in [2.24, 2.45) is 5.73 Å². The summed E-state index contributed by atoms with van der Waals surface area (Å²) in [5.74, 6) is 0. The quantitative estimate of drug-likeness (QED) is 0.837. The Morgan fingerprint density at radius 3 is 2.61 bits per heavy atom. The minimum Gasteiger partial charge on any atom is -0.327 e. The largest absolute Gasteiger partial charge is 0.327 e. The zero-order valence-electron chi connectivity index (χ0n) is 10.8. The maximum Gasteiger partial charge on any atom is 0.182 e. The summed E-state index contributed by atoms with van der Waals surface area (Å²) in [5, 5.41) is -0.415. The van der Waals surface area contributed by atoms with Gasteiger partial charge in [0.05, 0.1) is 10.1 Å². The summed E-state index contributed by atoms with van der Waals surface area (Å²) in [6.45, 7) is 1.91. The maximum atomic E-state index is 12.6. The van der Waals surface area contributed by atoms with Gasteiger partial charge in [0, 0.05) is 6.04 Å². The average molecular weight is 267 g/mol. The molecule has 0 spiro atoms. The molecular formula is C14H21NO2S. The highest BCUT2D eigenvalue weighted by atomic mass is 32.2. The minimum atomic E-state index is -3.28. The molecule has 18 heavy (non-hydrogen) atoms. The van der Waals surface area contributed by atoms with E-state index in [1.165, 1.54) is 0 Å². The molecule has 2 rings (SSSR count). The molecule has 2 unspecified atom stereocenters. The van der Waals surface area contributed by atoms with Gasteiger partial charge in [-0.2, -0.15) is 0 Å². The van der Waals surface area contributed by atoms with Gasteiger partial charge in [0.1, 0.15) is 0 Å². The van der Waals surface area contributed by atoms with Gasteiger partial charge in [0.2, 0.25) is 0 Å². The molecule has 1 fully saturated rings. The zero-order chi connectivity index (χ0) is 13.2. The van der Waals surface area contributed by atoms with Crippen LogP contribution in [-0.2, 0) is 9.84 Å². The number of rotatable bonds is 2. The average Bonchev–Trinajstić information content (AvgIpc) is 2.54. The predicted octanol–water partition coefficient (Wildman–Crippen LogP) is 2.43. The highest BCUT2D eigenvalue weighted by Gasteiger charge is 2.33. The Balaban J connectivity index is 2.35. The third kappa shape index (κ3) is 2.75. The van der Waals surface area contributed by atoms with Crippen molar-refractivity contribution in [2.75, 3.05) is 0 Å². The van der Waals surface area contributed by atoms with Crippen molar-refractivity contribution in [3.8, 4) is 0 Å². The summed E-state index contributed by atoms with van der Waals surface area (Å²) in [4.78, 5) is 0.421. The van der Waals surface area contributed by atoms with Gasteiger partial charge in [0.15, 0.2) is 9.84 Å². The molecule has 2 N–H and O–H groups in total. The first kappa shape index (κ1) is 13.6. The maximum absolute atomic E-state index is 12.6. The van der Waals surface area contributed by atoms with Gasteiger partial charge in [-0.25, -0.2) is 8.42 Å². The van der Waals surface area contributed by atoms with E-state index in [9.17, 15) is 8.42 Å². The normalized spacial score (nSPS) is 25.7. The second-order valence-corrected chi connectivity index (χ2v) is 7.37. The molecule has 0 radical (unpaired) electrons. The van der Waals surface area contributed by atoms with E-state index in [0.717, 1.165) is 31.2 Å². The molecule has 0 aromatic heterocycles. The molecule has 0 heterocycles. The molecule has 2 atom stereocenters. The SMILES string of the molecule is Cc1cccc(S(=O)(=O)C2CCCCCC2N)c1. The number of aryl methyl sites for hydroxylation is 1. The Bertz CT molecular complexity index is 510. The molecule has 1 aromatic carbocycles. The Labute approximate surface area is 109 Å². The van der Waals surface area contributed by atoms with Crippen molar-refractivity contribution in [2.45, 2.75) is 55.2 Å². The van der Waals surface area contributed by atoms with Crippen molar-refractivity contribution in [3.63, 3.8) is 0 Å². The van der Waals surface area contributed by atoms with Crippen molar-refractivity contribution in [3.05, 3.63) is 29.8 Å². The van der Waals surface area contributed by atoms with Crippen LogP contribution in [0.3, 0.4) is 0 Å². The monoisotopic (exact) mass is 267 g/mol. The number of hydrogen-bond acceptors (Lipinski definition) is 3. The molecule has 1 aromatic rings. The first-order valence-electron chi connectivity index (χ1n) is 6.58. The Morgan fingerprint density at radius 1 is 1.17 bits per heavy atom. The Kier molecular flexibility index (Phi) is 4.07. The van der Waals surface area contributed by atoms with Crippen LogP contribution in [0, 0.1) is 6.92 Å². The lowest BCUT2D eigenvalue weighted by Crippen LogP contribution is -2.39. The van der Waals surface area contributed by atoms with Crippen LogP contribution in [0.1, 0.15) is 37.7 Å². The number of nitrogens with two attached hydrogens (primary N) is 1. The van der Waals surface area contributed by atoms with E-state index in [1.807, 2.05) is 13.0 Å². The third-order valence-corrected chi connectivity index (χ3v) is 6.01. The lowest BCUT2D eigenvalue weighted by molar-refractivity contribution is 0.531. The van der Waals surface area contributed by atoms with Gasteiger partial charge >= 0.3 is 0 Å². The topological polar surface area (TPSA) is 60.2 Å². The summed E-state index contributed by atoms with van der Waals surface area (Å²) in [6.07, 6.45) is 4.60. The zero-order valence-corrected chi connectivity index (χ0v) is 11.6. The van der Waals surface area contributed by atoms with E-state index >= 15 is 0 Å². The van der Waals surface area contributed by atoms with Gasteiger partial charge < -0.3 is 5.73 Å². The standard InChI is InChI=1S/C14H21NO2S/c1-11-6-5-7-12(10-11)18(16,17)14-9-4-2-3-8-13(14)15/h5-7,10,13-14H,2-4,8-9,15H2,1H3. The fraction of sp³-hybridized carbons (Fsp3) is 0.571. The van der Waals surface area contributed by atoms with Crippen LogP contribution in [0.2, 0.25) is 0 Å². The van der Waals surface area contributed by atoms with Crippen LogP contribution in [0.15, 0.2) is 29.2 Å². The van der Waals surface area contributed by atoms with E-state index in [1.54, 1.807) is 18.2 Å². The third-order valence-electron chi connectivity index (χ3n) is 3.72. The van der Waals surface area contributed by atoms with E-state index in [0.29, 0.717) is 11.3 Å². The smallest absolute Gasteiger partial charge is 0.182 e. The summed E-state index contributed by atoms with van der Waals surface area (Å²) < 4.78 is 25.2. The molecular weight excluding hydrogens is 246 g/mol. The molecule has 100 valence electrons. The second-order valence-electron chi connectivity index (χ2n) is 5.20. The number of hydrogen-bond donors (Lipinski definition) is 1. The number of benzene rings is 1. The number of sulfone groups is 1. The van der Waals surface area contributed by atoms with E-state index in [2.05, 4.69) is 0 Å². The minimum absolute atomic E-state index is 0.224. The van der Waals surface area contributed by atoms with Crippen LogP contribution in [0.5, 0.6) is 0 Å². The van der Waals surface area contributed by atoms with Crippen LogP contribution in [0.4, 0.5) is 0 Å². The van der Waals surface area contributed by atoms with Crippen molar-refractivity contribution in [1.29, 1.82) is 0 Å². The fourth-order valence-electron chi connectivity index (χ4n) is 2.65. The van der Waals surface area contributed by atoms with Crippen molar-refractivity contribution in [1.82, 2.24) is 0 Å². The van der Waals surface area contributed by atoms with E-state index < -0.39 is 15.1 Å². The van der Waals surface area contributed by atoms with Gasteiger partial charge in [-0.1, -0.05) is 31.4 Å². The summed E-state index contributed by atoms with van der Waals surface area (Å²) >= 11 is 0. The molecule has 1 saturated carbocycles. The molecule has 3 nitrogen and oxygen atoms in total. The van der Waals surface area contributed by atoms with Gasteiger partial charge in [-0.15, -0.1) is 0 Å². The van der Waals surface area contributed by atoms with Crippen molar-refractivity contribution >= 4 is 9.84 Å². The predicted molar refractivity (Wildman–Crippen MR) is 73.2 cm³/mol. The van der Waals surface area contributed by atoms with Crippen LogP contribution >= 0.6 is 0 Å². The Morgan fingerprint density at radius 2 is 1.89 bits per heavy atom. The Hall–Kier alpha value is -0.870. The highest BCUT2D eigenvalue weighted by Crippen LogP contribution is 2.27. The van der Waals surface area contributed by atoms with E-state index in [-0.39, 0.29) is 6.04 Å². The lowest BCUT2D eigenvalue weighted by atomic mass is 10.1. The van der Waals surface area contributed by atoms with Crippen LogP contribution in [0.25, 0.3) is 0 Å². The molecule has 4 heteroatoms. The highest BCUT2D eigenvalue weighted by molar-refractivity contribution is 7.92. The van der Waals surface area contributed by atoms with Crippen LogP contribution in [-0.4, -0.2) is 19.7 Å². The summed E-state index contributed by atoms with van der Waals surface area (Å²) in [6, 6.07) is 6.90. The summed E-state index contributed by atoms with van der Waals surface area (Å²) in [5.41, 5.74) is 7.03. The van der Waals surface area contributed by atoms with Gasteiger partial charge in [0.25, 0.3) is 0 Å². The molecule has 0 aliphatic heterocycles. The molecule has 0 bridgehead atoms. The first-order chi connectivity index (χ1) is 8.51. The molecule has 1 aliphatic carbocycles. The van der Waals surface area contributed by atoms with Gasteiger partial charge in [-0.3, -0.25) is 0 Å². The van der Waals surface area contributed by atoms with Crippen molar-refractivity contribution < 1.29 is 8.42 Å². The molecule has 1 aliphatic rings. The lowest BCUT2D eigenvalue weighted by Gasteiger charge is -2.21. The fourth-order valence-corrected chi connectivity index (χ4v) is 4.70. The van der Waals surface area contributed by atoms with Crippen LogP contribution < -0.4 is 5.73 Å². The summed E-state index contributed by atoms with van der Waals surface area (Å²) in [7, 11) is -3.28. The molecule has 0 saturated heterocycles.